The van der Waals surface area contributed by atoms with E-state index in [0.29, 0.717) is 5.56 Å². The van der Waals surface area contributed by atoms with Crippen LogP contribution in [-0.2, 0) is 11.2 Å². The number of rotatable bonds is 4. The van der Waals surface area contributed by atoms with Crippen molar-refractivity contribution < 1.29 is 26.5 Å². The standard InChI is InChI=1S/C12H19N3O5/c13-15-12(5-7-1-3-14-4-2-7)11(19)10(18)9(17)8(6-16)20-12/h1-4,8-11,15-19H,5-6,13H2/t8-,9-,10+,11-,12?/m1/s1/i3D. The van der Waals surface area contributed by atoms with Gasteiger partial charge in [-0.2, -0.15) is 0 Å². The summed E-state index contributed by atoms with van der Waals surface area (Å²) in [6.07, 6.45) is -4.13. The summed E-state index contributed by atoms with van der Waals surface area (Å²) in [5.74, 6) is 5.47. The van der Waals surface area contributed by atoms with E-state index in [1.165, 1.54) is 12.3 Å². The van der Waals surface area contributed by atoms with Crippen LogP contribution in [0, 0.1) is 0 Å². The van der Waals surface area contributed by atoms with E-state index in [2.05, 4.69) is 10.4 Å². The summed E-state index contributed by atoms with van der Waals surface area (Å²) < 4.78 is 13.0. The lowest BCUT2D eigenvalue weighted by atomic mass is 9.87. The molecule has 0 saturated carbocycles. The highest BCUT2D eigenvalue weighted by molar-refractivity contribution is 5.15. The highest BCUT2D eigenvalue weighted by Gasteiger charge is 2.52. The highest BCUT2D eigenvalue weighted by atomic mass is 16.6. The highest BCUT2D eigenvalue weighted by Crippen LogP contribution is 2.30. The zero-order valence-electron chi connectivity index (χ0n) is 11.7. The number of nitrogens with one attached hydrogen (secondary N) is 1. The van der Waals surface area contributed by atoms with Crippen molar-refractivity contribution in [2.75, 3.05) is 6.61 Å². The van der Waals surface area contributed by atoms with Gasteiger partial charge < -0.3 is 25.2 Å². The van der Waals surface area contributed by atoms with Crippen LogP contribution in [-0.4, -0.2) is 62.2 Å². The Morgan fingerprint density at radius 2 is 2.15 bits per heavy atom. The van der Waals surface area contributed by atoms with Crippen LogP contribution >= 0.6 is 0 Å². The van der Waals surface area contributed by atoms with Crippen molar-refractivity contribution in [3.05, 3.63) is 30.1 Å². The molecule has 1 aliphatic heterocycles. The first-order valence-corrected chi connectivity index (χ1v) is 6.15. The molecule has 1 saturated heterocycles. The monoisotopic (exact) mass is 286 g/mol. The van der Waals surface area contributed by atoms with Gasteiger partial charge in [-0.3, -0.25) is 10.8 Å². The summed E-state index contributed by atoms with van der Waals surface area (Å²) in [5, 5.41) is 39.1. The fourth-order valence-electron chi connectivity index (χ4n) is 2.31. The Kier molecular flexibility index (Phi) is 4.22. The van der Waals surface area contributed by atoms with Gasteiger partial charge >= 0.3 is 0 Å². The molecule has 20 heavy (non-hydrogen) atoms. The van der Waals surface area contributed by atoms with E-state index in [0.717, 1.165) is 0 Å². The molecule has 0 spiro atoms. The molecule has 1 unspecified atom stereocenters. The largest absolute Gasteiger partial charge is 0.394 e. The molecule has 0 radical (unpaired) electrons. The number of aliphatic hydroxyl groups excluding tert-OH is 4. The van der Waals surface area contributed by atoms with Crippen LogP contribution in [0.4, 0.5) is 0 Å². The number of ether oxygens (including phenoxy) is 1. The van der Waals surface area contributed by atoms with Crippen molar-refractivity contribution in [3.8, 4) is 0 Å². The maximum Gasteiger partial charge on any atom is 0.164 e. The number of aromatic nitrogens is 1. The molecule has 7 N–H and O–H groups in total. The predicted octanol–water partition coefficient (Wildman–Crippen LogP) is -2.74. The van der Waals surface area contributed by atoms with Gasteiger partial charge in [0, 0.05) is 18.8 Å². The average molecular weight is 286 g/mol. The lowest BCUT2D eigenvalue weighted by molar-refractivity contribution is -0.284. The van der Waals surface area contributed by atoms with Crippen LogP contribution in [0.3, 0.4) is 0 Å². The second-order valence-corrected chi connectivity index (χ2v) is 4.77. The van der Waals surface area contributed by atoms with Crippen LogP contribution in [0.1, 0.15) is 6.93 Å². The lowest BCUT2D eigenvalue weighted by Crippen LogP contribution is -2.72. The molecule has 112 valence electrons. The fourth-order valence-corrected chi connectivity index (χ4v) is 2.31. The van der Waals surface area contributed by atoms with Gasteiger partial charge in [-0.15, -0.1) is 0 Å². The first-order chi connectivity index (χ1) is 9.93. The van der Waals surface area contributed by atoms with Gasteiger partial charge in [-0.05, 0) is 17.7 Å². The Balaban J connectivity index is 2.30. The molecule has 8 heteroatoms. The second-order valence-electron chi connectivity index (χ2n) is 4.77. The number of nitrogens with zero attached hydrogens (tertiary/aromatic N) is 1. The van der Waals surface area contributed by atoms with Crippen LogP contribution in [0.15, 0.2) is 24.5 Å². The zero-order valence-corrected chi connectivity index (χ0v) is 10.7. The van der Waals surface area contributed by atoms with E-state index < -0.39 is 36.7 Å². The topological polar surface area (TPSA) is 141 Å². The molecule has 5 atom stereocenters. The maximum absolute atomic E-state index is 10.2. The fraction of sp³-hybridized carbons (Fsp3) is 0.583. The third-order valence-electron chi connectivity index (χ3n) is 3.47. The first-order valence-electron chi connectivity index (χ1n) is 6.65. The first kappa shape index (κ1) is 13.8. The predicted molar refractivity (Wildman–Crippen MR) is 68.0 cm³/mol. The normalized spacial score (nSPS) is 38.5. The van der Waals surface area contributed by atoms with Gasteiger partial charge in [-0.25, -0.2) is 5.43 Å². The molecule has 1 aromatic rings. The SMILES string of the molecule is [2H]c1cc(CC2(NN)O[C@H](CO)[C@@H](O)[C@H](O)[C@H]2O)ccn1. The molecular weight excluding hydrogens is 266 g/mol. The molecule has 2 heterocycles. The van der Waals surface area contributed by atoms with E-state index in [1.54, 1.807) is 6.07 Å². The van der Waals surface area contributed by atoms with E-state index in [4.69, 9.17) is 12.0 Å². The third kappa shape index (κ3) is 2.67. The van der Waals surface area contributed by atoms with Gasteiger partial charge in [0.25, 0.3) is 0 Å². The summed E-state index contributed by atoms with van der Waals surface area (Å²) in [6, 6.07) is 3.07. The van der Waals surface area contributed by atoms with Gasteiger partial charge in [-0.1, -0.05) is 0 Å². The lowest BCUT2D eigenvalue weighted by Gasteiger charge is -2.48. The zero-order chi connectivity index (χ0) is 15.6. The summed E-state index contributed by atoms with van der Waals surface area (Å²) in [6.45, 7) is -0.547. The third-order valence-corrected chi connectivity index (χ3v) is 3.47. The minimum Gasteiger partial charge on any atom is -0.394 e. The summed E-state index contributed by atoms with van der Waals surface area (Å²) >= 11 is 0. The van der Waals surface area contributed by atoms with Crippen molar-refractivity contribution >= 4 is 0 Å². The maximum atomic E-state index is 10.2. The smallest absolute Gasteiger partial charge is 0.164 e. The second kappa shape index (κ2) is 6.10. The van der Waals surface area contributed by atoms with Crippen molar-refractivity contribution in [1.82, 2.24) is 10.4 Å². The Morgan fingerprint density at radius 1 is 1.40 bits per heavy atom. The molecule has 1 fully saturated rings. The number of pyridine rings is 1. The Bertz CT molecular complexity index is 492. The number of hydrogen-bond donors (Lipinski definition) is 6. The summed E-state index contributed by atoms with van der Waals surface area (Å²) in [7, 11) is 0. The van der Waals surface area contributed by atoms with Gasteiger partial charge in [0.2, 0.25) is 0 Å². The van der Waals surface area contributed by atoms with Crippen LogP contribution in [0.5, 0.6) is 0 Å². The van der Waals surface area contributed by atoms with Crippen molar-refractivity contribution in [2.45, 2.75) is 36.6 Å². The Morgan fingerprint density at radius 3 is 2.75 bits per heavy atom. The molecule has 0 amide bonds. The van der Waals surface area contributed by atoms with Crippen LogP contribution in [0.2, 0.25) is 0 Å². The minimum atomic E-state index is -1.60. The minimum absolute atomic E-state index is 0.0132. The van der Waals surface area contributed by atoms with E-state index in [1.807, 2.05) is 0 Å². The number of nitrogens with two attached hydrogens (primary N) is 1. The molecule has 2 rings (SSSR count). The summed E-state index contributed by atoms with van der Waals surface area (Å²) in [4.78, 5) is 3.74. The van der Waals surface area contributed by atoms with Crippen LogP contribution in [0.25, 0.3) is 0 Å². The van der Waals surface area contributed by atoms with E-state index in [-0.39, 0.29) is 12.6 Å². The Hall–Kier alpha value is -1.13. The molecule has 0 aliphatic carbocycles. The van der Waals surface area contributed by atoms with E-state index >= 15 is 0 Å². The molecular formula is C12H19N3O5. The van der Waals surface area contributed by atoms with Crippen LogP contribution < -0.4 is 11.3 Å². The van der Waals surface area contributed by atoms with Crippen molar-refractivity contribution in [1.29, 1.82) is 0 Å². The molecule has 1 aliphatic rings. The van der Waals surface area contributed by atoms with Gasteiger partial charge in [0.1, 0.15) is 24.4 Å². The number of hydrazine groups is 1. The molecule has 8 nitrogen and oxygen atoms in total. The average Bonchev–Trinajstić information content (AvgIpc) is 2.48. The summed E-state index contributed by atoms with van der Waals surface area (Å²) in [5.41, 5.74) is 1.31. The quantitative estimate of drug-likeness (QED) is 0.259. The number of aliphatic hydroxyl groups is 4. The van der Waals surface area contributed by atoms with E-state index in [9.17, 15) is 20.4 Å². The molecule has 0 bridgehead atoms. The van der Waals surface area contributed by atoms with Crippen molar-refractivity contribution in [2.24, 2.45) is 5.84 Å². The van der Waals surface area contributed by atoms with Gasteiger partial charge in [0.05, 0.1) is 7.98 Å². The number of hydrogen-bond acceptors (Lipinski definition) is 8. The Labute approximate surface area is 117 Å². The molecule has 1 aromatic heterocycles. The molecule has 0 aromatic carbocycles. The van der Waals surface area contributed by atoms with Gasteiger partial charge in [0.15, 0.2) is 5.72 Å². The van der Waals surface area contributed by atoms with Crippen molar-refractivity contribution in [3.63, 3.8) is 0 Å².